The highest BCUT2D eigenvalue weighted by Crippen LogP contribution is 2.39. The summed E-state index contributed by atoms with van der Waals surface area (Å²) in [5.41, 5.74) is -2.25. The largest absolute Gasteiger partial charge is 0.466 e. The van der Waals surface area contributed by atoms with Crippen LogP contribution in [0.1, 0.15) is 24.1 Å². The van der Waals surface area contributed by atoms with Gasteiger partial charge in [-0.1, -0.05) is 13.0 Å². The number of benzene rings is 1. The Morgan fingerprint density at radius 1 is 1.13 bits per heavy atom. The Bertz CT molecular complexity index is 1030. The highest BCUT2D eigenvalue weighted by Gasteiger charge is 2.41. The summed E-state index contributed by atoms with van der Waals surface area (Å²) in [5, 5.41) is 15.2. The van der Waals surface area contributed by atoms with Crippen LogP contribution in [-0.2, 0) is 16.7 Å². The molecule has 2 heterocycles. The number of phosphoric acid groups is 1. The number of halogens is 3. The second-order valence-corrected chi connectivity index (χ2v) is 7.16. The molecule has 2 unspecified atom stereocenters. The molecule has 1 aromatic carbocycles. The van der Waals surface area contributed by atoms with E-state index in [1.165, 1.54) is 24.3 Å². The van der Waals surface area contributed by atoms with Crippen LogP contribution in [0.5, 0.6) is 0 Å². The molecule has 0 saturated carbocycles. The summed E-state index contributed by atoms with van der Waals surface area (Å²) in [6, 6.07) is 2.80. The summed E-state index contributed by atoms with van der Waals surface area (Å²) in [5.74, 6) is -3.47. The van der Waals surface area contributed by atoms with E-state index in [4.69, 9.17) is 19.2 Å². The highest BCUT2D eigenvalue weighted by molar-refractivity contribution is 7.45. The van der Waals surface area contributed by atoms with Crippen LogP contribution in [0.2, 0.25) is 0 Å². The monoisotopic (exact) mass is 447 g/mol. The van der Waals surface area contributed by atoms with Crippen molar-refractivity contribution >= 4 is 7.82 Å². The Hall–Kier alpha value is -2.70. The van der Waals surface area contributed by atoms with Crippen molar-refractivity contribution in [1.82, 2.24) is 24.7 Å². The van der Waals surface area contributed by atoms with Gasteiger partial charge in [0.25, 0.3) is 0 Å². The van der Waals surface area contributed by atoms with Crippen LogP contribution in [0, 0.1) is 17.5 Å². The van der Waals surface area contributed by atoms with Crippen LogP contribution in [0.25, 0.3) is 0 Å². The SMILES string of the molecule is CC(c1ncncc1F)C(O)(Cn1cncn1)c1ccc(F)cc1F.O=P(O)(O)O. The molecule has 30 heavy (non-hydrogen) atoms. The first kappa shape index (κ1) is 23.6. The lowest BCUT2D eigenvalue weighted by atomic mass is 9.79. The zero-order chi connectivity index (χ0) is 22.5. The molecule has 0 aliphatic heterocycles. The summed E-state index contributed by atoms with van der Waals surface area (Å²) < 4.78 is 51.9. The molecule has 3 rings (SSSR count). The van der Waals surface area contributed by atoms with Crippen LogP contribution in [-0.4, -0.2) is 44.5 Å². The van der Waals surface area contributed by atoms with Gasteiger partial charge in [-0.05, 0) is 6.07 Å². The van der Waals surface area contributed by atoms with Crippen molar-refractivity contribution in [2.75, 3.05) is 0 Å². The summed E-state index contributed by atoms with van der Waals surface area (Å²) in [6.45, 7) is 1.26. The van der Waals surface area contributed by atoms with Crippen molar-refractivity contribution in [3.05, 3.63) is 72.1 Å². The van der Waals surface area contributed by atoms with Gasteiger partial charge in [-0.25, -0.2) is 37.4 Å². The van der Waals surface area contributed by atoms with Crippen molar-refractivity contribution in [1.29, 1.82) is 0 Å². The molecule has 2 aromatic heterocycles. The Labute approximate surface area is 168 Å². The maximum absolute atomic E-state index is 14.4. The smallest absolute Gasteiger partial charge is 0.382 e. The van der Waals surface area contributed by atoms with E-state index in [-0.39, 0.29) is 17.8 Å². The maximum Gasteiger partial charge on any atom is 0.466 e. The topological polar surface area (TPSA) is 154 Å². The lowest BCUT2D eigenvalue weighted by Gasteiger charge is -2.34. The number of hydrogen-bond donors (Lipinski definition) is 4. The maximum atomic E-state index is 14.4. The van der Waals surface area contributed by atoms with Crippen LogP contribution >= 0.6 is 7.82 Å². The molecule has 10 nitrogen and oxygen atoms in total. The van der Waals surface area contributed by atoms with Gasteiger partial charge >= 0.3 is 7.82 Å². The Kier molecular flexibility index (Phi) is 7.39. The van der Waals surface area contributed by atoms with E-state index in [1.807, 2.05) is 0 Å². The Morgan fingerprint density at radius 2 is 1.80 bits per heavy atom. The molecule has 2 atom stereocenters. The predicted octanol–water partition coefficient (Wildman–Crippen LogP) is 1.25. The summed E-state index contributed by atoms with van der Waals surface area (Å²) in [7, 11) is -4.64. The Balaban J connectivity index is 0.000000575. The van der Waals surface area contributed by atoms with Crippen LogP contribution in [0.3, 0.4) is 0 Å². The van der Waals surface area contributed by atoms with Gasteiger partial charge in [-0.15, -0.1) is 0 Å². The zero-order valence-corrected chi connectivity index (χ0v) is 16.2. The van der Waals surface area contributed by atoms with E-state index in [0.29, 0.717) is 6.07 Å². The first-order chi connectivity index (χ1) is 13.9. The van der Waals surface area contributed by atoms with E-state index in [1.54, 1.807) is 0 Å². The number of aliphatic hydroxyl groups is 1. The van der Waals surface area contributed by atoms with E-state index in [0.717, 1.165) is 24.7 Å². The van der Waals surface area contributed by atoms with E-state index in [2.05, 4.69) is 20.1 Å². The van der Waals surface area contributed by atoms with Crippen molar-refractivity contribution in [3.8, 4) is 0 Å². The fraction of sp³-hybridized carbons (Fsp3) is 0.250. The minimum Gasteiger partial charge on any atom is -0.382 e. The van der Waals surface area contributed by atoms with Gasteiger partial charge in [-0.3, -0.25) is 0 Å². The molecule has 0 spiro atoms. The van der Waals surface area contributed by atoms with E-state index >= 15 is 0 Å². The van der Waals surface area contributed by atoms with Crippen molar-refractivity contribution in [2.45, 2.75) is 25.0 Å². The first-order valence-electron chi connectivity index (χ1n) is 8.16. The zero-order valence-electron chi connectivity index (χ0n) is 15.3. The quantitative estimate of drug-likeness (QED) is 0.423. The third-order valence-corrected chi connectivity index (χ3v) is 4.09. The standard InChI is InChI=1S/C16H14F3N5O.H3O4P/c1-10(15-14(19)5-20-7-22-15)16(25,6-24-9-21-8-23-24)12-3-2-11(17)4-13(12)18;1-5(2,3)4/h2-5,7-10,25H,6H2,1H3;(H3,1,2,3,4). The molecule has 0 fully saturated rings. The van der Waals surface area contributed by atoms with Crippen LogP contribution < -0.4 is 0 Å². The second-order valence-electron chi connectivity index (χ2n) is 6.13. The normalized spacial score (nSPS) is 14.4. The van der Waals surface area contributed by atoms with Gasteiger partial charge in [0, 0.05) is 17.5 Å². The lowest BCUT2D eigenvalue weighted by molar-refractivity contribution is -0.0133. The fourth-order valence-electron chi connectivity index (χ4n) is 2.72. The molecule has 3 aromatic rings. The van der Waals surface area contributed by atoms with Gasteiger partial charge in [0.1, 0.15) is 36.2 Å². The summed E-state index contributed by atoms with van der Waals surface area (Å²) in [4.78, 5) is 32.8. The molecule has 0 bridgehead atoms. The second kappa shape index (κ2) is 9.41. The molecule has 0 saturated heterocycles. The van der Waals surface area contributed by atoms with Gasteiger partial charge < -0.3 is 19.8 Å². The fourth-order valence-corrected chi connectivity index (χ4v) is 2.72. The van der Waals surface area contributed by atoms with E-state index < -0.39 is 36.8 Å². The number of hydrogen-bond acceptors (Lipinski definition) is 6. The Morgan fingerprint density at radius 3 is 2.33 bits per heavy atom. The molecule has 0 amide bonds. The molecule has 0 aliphatic carbocycles. The highest BCUT2D eigenvalue weighted by atomic mass is 31.2. The van der Waals surface area contributed by atoms with Crippen LogP contribution in [0.4, 0.5) is 13.2 Å². The molecule has 0 aliphatic rings. The average Bonchev–Trinajstić information content (AvgIpc) is 3.12. The average molecular weight is 447 g/mol. The number of aromatic nitrogens is 5. The summed E-state index contributed by atoms with van der Waals surface area (Å²) in [6.07, 6.45) is 4.66. The molecule has 4 N–H and O–H groups in total. The third kappa shape index (κ3) is 6.15. The van der Waals surface area contributed by atoms with Crippen molar-refractivity contribution in [2.24, 2.45) is 0 Å². The molecule has 162 valence electrons. The lowest BCUT2D eigenvalue weighted by Crippen LogP contribution is -2.39. The predicted molar refractivity (Wildman–Crippen MR) is 94.9 cm³/mol. The van der Waals surface area contributed by atoms with Gasteiger partial charge in [0.05, 0.1) is 18.4 Å². The van der Waals surface area contributed by atoms with Crippen LogP contribution in [0.15, 0.2) is 43.4 Å². The van der Waals surface area contributed by atoms with Crippen molar-refractivity contribution < 1.29 is 37.5 Å². The number of rotatable bonds is 5. The van der Waals surface area contributed by atoms with Crippen molar-refractivity contribution in [3.63, 3.8) is 0 Å². The minimum atomic E-state index is -4.64. The van der Waals surface area contributed by atoms with Gasteiger partial charge in [0.15, 0.2) is 5.82 Å². The van der Waals surface area contributed by atoms with Gasteiger partial charge in [0.2, 0.25) is 0 Å². The van der Waals surface area contributed by atoms with E-state index in [9.17, 15) is 18.3 Å². The summed E-state index contributed by atoms with van der Waals surface area (Å²) >= 11 is 0. The first-order valence-corrected chi connectivity index (χ1v) is 9.72. The van der Waals surface area contributed by atoms with Gasteiger partial charge in [-0.2, -0.15) is 5.10 Å². The number of nitrogens with zero attached hydrogens (tertiary/aromatic N) is 5. The molecule has 14 heteroatoms. The molecular weight excluding hydrogens is 430 g/mol. The molecular formula is C16H17F3N5O5P. The molecule has 0 radical (unpaired) electrons. The minimum absolute atomic E-state index is 0.0960. The third-order valence-electron chi connectivity index (χ3n) is 4.09.